The summed E-state index contributed by atoms with van der Waals surface area (Å²) in [5, 5.41) is 11.0. The molecule has 0 unspecified atom stereocenters. The zero-order valence-electron chi connectivity index (χ0n) is 18.2. The number of nitrogens with zero attached hydrogens (tertiary/aromatic N) is 2. The quantitative estimate of drug-likeness (QED) is 0.279. The highest BCUT2D eigenvalue weighted by Crippen LogP contribution is 2.25. The molecule has 0 bridgehead atoms. The normalized spacial score (nSPS) is 13.2. The molecule has 3 aromatic carbocycles. The number of carbonyl (C=O) groups is 2. The van der Waals surface area contributed by atoms with Crippen LogP contribution in [0.2, 0.25) is 0 Å². The third kappa shape index (κ3) is 3.99. The van der Waals surface area contributed by atoms with Gasteiger partial charge in [0, 0.05) is 35.3 Å². The summed E-state index contributed by atoms with van der Waals surface area (Å²) in [6.45, 7) is 0.958. The number of fused-ring (bicyclic) bond motifs is 3. The fourth-order valence-corrected chi connectivity index (χ4v) is 4.95. The second-order valence-electron chi connectivity index (χ2n) is 8.41. The van der Waals surface area contributed by atoms with Gasteiger partial charge in [0.1, 0.15) is 3.70 Å². The number of rotatable bonds is 3. The Morgan fingerprint density at radius 3 is 2.77 bits per heavy atom. The number of aromatic amines is 2. The lowest BCUT2D eigenvalue weighted by Crippen LogP contribution is -2.36. The van der Waals surface area contributed by atoms with Crippen molar-refractivity contribution in [2.24, 2.45) is 0 Å². The molecule has 0 saturated heterocycles. The SMILES string of the molecule is O=C(Nc1ccc2n[nH]c(I)c2c1)c1ccc2c(c1)CN(C(=O)c1ccc3[nH]c(=O)oc3c1)CC2. The summed E-state index contributed by atoms with van der Waals surface area (Å²) >= 11 is 2.17. The summed E-state index contributed by atoms with van der Waals surface area (Å²) in [5.41, 5.74) is 5.44. The number of nitrogens with one attached hydrogen (secondary N) is 3. The molecule has 2 amide bonds. The fraction of sp³-hybridized carbons (Fsp3) is 0.120. The molecule has 10 heteroatoms. The van der Waals surface area contributed by atoms with E-state index in [2.05, 4.69) is 43.1 Å². The minimum absolute atomic E-state index is 0.153. The number of anilines is 1. The van der Waals surface area contributed by atoms with Crippen LogP contribution in [-0.2, 0) is 13.0 Å². The monoisotopic (exact) mass is 579 g/mol. The third-order valence-electron chi connectivity index (χ3n) is 6.20. The van der Waals surface area contributed by atoms with Crippen LogP contribution in [0.25, 0.3) is 22.0 Å². The van der Waals surface area contributed by atoms with E-state index in [0.29, 0.717) is 47.4 Å². The summed E-state index contributed by atoms with van der Waals surface area (Å²) in [6.07, 6.45) is 0.694. The standard InChI is InChI=1S/C25H18IN5O4/c26-22-18-11-17(4-6-19(18)29-30-22)27-23(32)14-2-1-13-7-8-31(12-16(13)9-14)24(33)15-3-5-20-21(10-15)35-25(34)28-20/h1-6,9-11H,7-8,12H2,(H,27,32)(H,28,34)(H,29,30). The summed E-state index contributed by atoms with van der Waals surface area (Å²) in [4.78, 5) is 41.8. The van der Waals surface area contributed by atoms with E-state index in [4.69, 9.17) is 4.42 Å². The van der Waals surface area contributed by atoms with Crippen LogP contribution in [0.4, 0.5) is 5.69 Å². The van der Waals surface area contributed by atoms with Gasteiger partial charge >= 0.3 is 5.76 Å². The van der Waals surface area contributed by atoms with Gasteiger partial charge in [-0.3, -0.25) is 19.7 Å². The van der Waals surface area contributed by atoms with Gasteiger partial charge in [0.25, 0.3) is 11.8 Å². The summed E-state index contributed by atoms with van der Waals surface area (Å²) in [5.74, 6) is -0.928. The number of halogens is 1. The van der Waals surface area contributed by atoms with Crippen molar-refractivity contribution in [2.75, 3.05) is 11.9 Å². The Morgan fingerprint density at radius 1 is 1.03 bits per heavy atom. The molecule has 1 aliphatic rings. The van der Waals surface area contributed by atoms with Crippen LogP contribution in [0, 0.1) is 3.70 Å². The summed E-state index contributed by atoms with van der Waals surface area (Å²) in [6, 6.07) is 16.1. The van der Waals surface area contributed by atoms with Gasteiger partial charge in [-0.05, 0) is 88.7 Å². The Kier molecular flexibility index (Phi) is 5.17. The molecule has 0 fully saturated rings. The second-order valence-corrected chi connectivity index (χ2v) is 9.49. The number of carbonyl (C=O) groups excluding carboxylic acids is 2. The highest BCUT2D eigenvalue weighted by atomic mass is 127. The van der Waals surface area contributed by atoms with E-state index in [0.717, 1.165) is 25.7 Å². The molecule has 0 radical (unpaired) electrons. The molecule has 174 valence electrons. The highest BCUT2D eigenvalue weighted by Gasteiger charge is 2.23. The lowest BCUT2D eigenvalue weighted by Gasteiger charge is -2.29. The van der Waals surface area contributed by atoms with Crippen LogP contribution in [0.15, 0.2) is 63.8 Å². The third-order valence-corrected chi connectivity index (χ3v) is 7.02. The minimum Gasteiger partial charge on any atom is -0.408 e. The Hall–Kier alpha value is -3.93. The summed E-state index contributed by atoms with van der Waals surface area (Å²) < 4.78 is 5.99. The van der Waals surface area contributed by atoms with Crippen molar-refractivity contribution in [3.63, 3.8) is 0 Å². The van der Waals surface area contributed by atoms with Gasteiger partial charge in [0.15, 0.2) is 5.58 Å². The van der Waals surface area contributed by atoms with Crippen molar-refractivity contribution >= 4 is 62.1 Å². The van der Waals surface area contributed by atoms with Crippen LogP contribution in [-0.4, -0.2) is 38.4 Å². The maximum Gasteiger partial charge on any atom is 0.417 e. The lowest BCUT2D eigenvalue weighted by molar-refractivity contribution is 0.0734. The molecule has 0 spiro atoms. The van der Waals surface area contributed by atoms with Crippen LogP contribution in [0.1, 0.15) is 31.8 Å². The average Bonchev–Trinajstić information content (AvgIpc) is 3.43. The molecule has 5 aromatic rings. The Morgan fingerprint density at radius 2 is 1.89 bits per heavy atom. The van der Waals surface area contributed by atoms with E-state index in [1.54, 1.807) is 23.1 Å². The molecule has 0 saturated carbocycles. The fourth-order valence-electron chi connectivity index (χ4n) is 4.39. The number of benzene rings is 3. The van der Waals surface area contributed by atoms with E-state index < -0.39 is 5.76 Å². The molecule has 6 rings (SSSR count). The Bertz CT molecular complexity index is 1700. The van der Waals surface area contributed by atoms with Gasteiger partial charge in [-0.2, -0.15) is 5.10 Å². The van der Waals surface area contributed by atoms with Gasteiger partial charge < -0.3 is 14.6 Å². The average molecular weight is 579 g/mol. The number of aromatic nitrogens is 3. The van der Waals surface area contributed by atoms with Crippen LogP contribution < -0.4 is 11.1 Å². The number of oxazole rings is 1. The smallest absolute Gasteiger partial charge is 0.408 e. The molecular formula is C25H18IN5O4. The van der Waals surface area contributed by atoms with Crippen LogP contribution in [0.5, 0.6) is 0 Å². The van der Waals surface area contributed by atoms with E-state index in [1.165, 1.54) is 0 Å². The first-order chi connectivity index (χ1) is 16.9. The predicted molar refractivity (Wildman–Crippen MR) is 138 cm³/mol. The molecule has 35 heavy (non-hydrogen) atoms. The molecule has 0 aliphatic carbocycles. The van der Waals surface area contributed by atoms with Gasteiger partial charge in [-0.25, -0.2) is 4.79 Å². The number of hydrogen-bond acceptors (Lipinski definition) is 5. The second kappa shape index (κ2) is 8.38. The van der Waals surface area contributed by atoms with Gasteiger partial charge in [-0.15, -0.1) is 0 Å². The van der Waals surface area contributed by atoms with Crippen molar-refractivity contribution < 1.29 is 14.0 Å². The molecule has 1 aliphatic heterocycles. The van der Waals surface area contributed by atoms with Gasteiger partial charge in [0.05, 0.1) is 11.0 Å². The first-order valence-electron chi connectivity index (χ1n) is 10.9. The topological polar surface area (TPSA) is 124 Å². The highest BCUT2D eigenvalue weighted by molar-refractivity contribution is 14.1. The van der Waals surface area contributed by atoms with Crippen LogP contribution in [0.3, 0.4) is 0 Å². The zero-order chi connectivity index (χ0) is 24.1. The number of hydrogen-bond donors (Lipinski definition) is 3. The first kappa shape index (κ1) is 21.6. The maximum atomic E-state index is 13.1. The molecule has 3 heterocycles. The molecule has 0 atom stereocenters. The van der Waals surface area contributed by atoms with E-state index in [9.17, 15) is 14.4 Å². The molecule has 3 N–H and O–H groups in total. The van der Waals surface area contributed by atoms with Crippen molar-refractivity contribution in [3.05, 3.63) is 91.1 Å². The van der Waals surface area contributed by atoms with Gasteiger partial charge in [0.2, 0.25) is 0 Å². The first-order valence-corrected chi connectivity index (χ1v) is 12.0. The maximum absolute atomic E-state index is 13.1. The molecule has 9 nitrogen and oxygen atoms in total. The van der Waals surface area contributed by atoms with Gasteiger partial charge in [-0.1, -0.05) is 6.07 Å². The van der Waals surface area contributed by atoms with Crippen LogP contribution >= 0.6 is 22.6 Å². The minimum atomic E-state index is -0.554. The Balaban J connectivity index is 1.21. The predicted octanol–water partition coefficient (Wildman–Crippen LogP) is 4.05. The van der Waals surface area contributed by atoms with E-state index >= 15 is 0 Å². The van der Waals surface area contributed by atoms with Crippen molar-refractivity contribution in [1.29, 1.82) is 0 Å². The number of amides is 2. The van der Waals surface area contributed by atoms with Crippen molar-refractivity contribution in [2.45, 2.75) is 13.0 Å². The number of H-pyrrole nitrogens is 2. The van der Waals surface area contributed by atoms with Crippen molar-refractivity contribution in [3.8, 4) is 0 Å². The Labute approximate surface area is 211 Å². The van der Waals surface area contributed by atoms with E-state index in [-0.39, 0.29) is 11.8 Å². The lowest BCUT2D eigenvalue weighted by atomic mass is 9.96. The largest absolute Gasteiger partial charge is 0.417 e. The molecule has 2 aromatic heterocycles. The van der Waals surface area contributed by atoms with E-state index in [1.807, 2.05) is 36.4 Å². The molecular weight excluding hydrogens is 561 g/mol. The van der Waals surface area contributed by atoms with Crippen molar-refractivity contribution in [1.82, 2.24) is 20.1 Å². The zero-order valence-corrected chi connectivity index (χ0v) is 20.4. The summed E-state index contributed by atoms with van der Waals surface area (Å²) in [7, 11) is 0.